The summed E-state index contributed by atoms with van der Waals surface area (Å²) in [4.78, 5) is 21.7. The molecule has 2 N–H and O–H groups in total. The van der Waals surface area contributed by atoms with Gasteiger partial charge in [-0.2, -0.15) is 0 Å². The second kappa shape index (κ2) is 7.94. The van der Waals surface area contributed by atoms with Gasteiger partial charge in [-0.1, -0.05) is 31.1 Å². The molecule has 11 heteroatoms. The Morgan fingerprint density at radius 3 is 2.76 bits per heavy atom. The number of rotatable bonds is 4. The SMILES string of the molecule is CC1=Cn2c(-c3cn(-c4cc(C(=O)Nc5cc(C(C)(C)C)on5)cnc4C)nn3)cnc2CN1. The van der Waals surface area contributed by atoms with Gasteiger partial charge in [0.2, 0.25) is 0 Å². The number of carbonyl (C=O) groups is 1. The Labute approximate surface area is 195 Å². The molecule has 5 rings (SSSR count). The lowest BCUT2D eigenvalue weighted by atomic mass is 9.93. The van der Waals surface area contributed by atoms with Gasteiger partial charge in [0.1, 0.15) is 17.3 Å². The standard InChI is InChI=1S/C23H25N9O2/c1-13-11-31-18(9-26-21(31)10-24-13)16-12-32(30-28-16)17-6-15(8-25-14(17)2)22(33)27-20-7-19(34-29-20)23(3,4)5/h6-9,11-12,24H,10H2,1-5H3,(H,27,29,33). The number of carbonyl (C=O) groups excluding carboxylic acids is 1. The highest BCUT2D eigenvalue weighted by molar-refractivity contribution is 6.03. The smallest absolute Gasteiger partial charge is 0.258 e. The van der Waals surface area contributed by atoms with Crippen LogP contribution in [0.3, 0.4) is 0 Å². The predicted molar refractivity (Wildman–Crippen MR) is 125 cm³/mol. The number of pyridine rings is 1. The summed E-state index contributed by atoms with van der Waals surface area (Å²) in [7, 11) is 0. The van der Waals surface area contributed by atoms with Gasteiger partial charge in [-0.3, -0.25) is 14.3 Å². The van der Waals surface area contributed by atoms with Crippen LogP contribution in [-0.2, 0) is 12.0 Å². The molecular formula is C23H25N9O2. The van der Waals surface area contributed by atoms with Crippen LogP contribution in [0.4, 0.5) is 5.82 Å². The van der Waals surface area contributed by atoms with Crippen molar-refractivity contribution in [3.05, 3.63) is 59.3 Å². The molecular weight excluding hydrogens is 434 g/mol. The molecule has 11 nitrogen and oxygen atoms in total. The predicted octanol–water partition coefficient (Wildman–Crippen LogP) is 3.29. The first-order valence-corrected chi connectivity index (χ1v) is 10.9. The number of hydrogen-bond donors (Lipinski definition) is 2. The van der Waals surface area contributed by atoms with Crippen LogP contribution in [0.2, 0.25) is 0 Å². The molecule has 174 valence electrons. The fraction of sp³-hybridized carbons (Fsp3) is 0.304. The molecule has 0 spiro atoms. The molecule has 1 aliphatic heterocycles. The van der Waals surface area contributed by atoms with Crippen molar-refractivity contribution in [2.45, 2.75) is 46.6 Å². The first kappa shape index (κ1) is 21.6. The minimum Gasteiger partial charge on any atom is -0.380 e. The third-order valence-corrected chi connectivity index (χ3v) is 5.54. The highest BCUT2D eigenvalue weighted by Gasteiger charge is 2.21. The number of nitrogens with one attached hydrogen (secondary N) is 2. The summed E-state index contributed by atoms with van der Waals surface area (Å²) < 4.78 is 8.95. The molecule has 0 bridgehead atoms. The van der Waals surface area contributed by atoms with Crippen LogP contribution < -0.4 is 10.6 Å². The minimum atomic E-state index is -0.346. The maximum absolute atomic E-state index is 12.8. The molecule has 0 saturated heterocycles. The van der Waals surface area contributed by atoms with Crippen LogP contribution in [0.25, 0.3) is 23.3 Å². The number of amides is 1. The topological polar surface area (TPSA) is 129 Å². The van der Waals surface area contributed by atoms with Crippen LogP contribution in [-0.4, -0.2) is 40.6 Å². The molecule has 0 radical (unpaired) electrons. The first-order chi connectivity index (χ1) is 16.2. The molecule has 0 atom stereocenters. The largest absolute Gasteiger partial charge is 0.380 e. The van der Waals surface area contributed by atoms with Crippen molar-refractivity contribution in [2.75, 3.05) is 5.32 Å². The number of hydrogen-bond acceptors (Lipinski definition) is 8. The van der Waals surface area contributed by atoms with Gasteiger partial charge in [0, 0.05) is 29.6 Å². The highest BCUT2D eigenvalue weighted by atomic mass is 16.5. The average Bonchev–Trinajstić information content (AvgIpc) is 3.52. The Hall–Kier alpha value is -4.28. The summed E-state index contributed by atoms with van der Waals surface area (Å²) in [5.74, 6) is 1.59. The van der Waals surface area contributed by atoms with E-state index in [2.05, 4.69) is 36.1 Å². The van der Waals surface area contributed by atoms with Crippen molar-refractivity contribution in [1.29, 1.82) is 0 Å². The van der Waals surface area contributed by atoms with Crippen molar-refractivity contribution in [2.24, 2.45) is 0 Å². The molecule has 1 amide bonds. The molecule has 0 aliphatic carbocycles. The van der Waals surface area contributed by atoms with E-state index in [0.29, 0.717) is 40.8 Å². The number of imidazole rings is 1. The van der Waals surface area contributed by atoms with Crippen molar-refractivity contribution >= 4 is 17.9 Å². The van der Waals surface area contributed by atoms with E-state index in [1.165, 1.54) is 6.20 Å². The maximum Gasteiger partial charge on any atom is 0.258 e. The fourth-order valence-electron chi connectivity index (χ4n) is 3.57. The number of fused-ring (bicyclic) bond motifs is 1. The zero-order chi connectivity index (χ0) is 24.0. The summed E-state index contributed by atoms with van der Waals surface area (Å²) in [5.41, 5.74) is 4.05. The number of aromatic nitrogens is 7. The van der Waals surface area contributed by atoms with Gasteiger partial charge in [-0.25, -0.2) is 9.67 Å². The average molecular weight is 460 g/mol. The van der Waals surface area contributed by atoms with E-state index in [1.807, 2.05) is 45.4 Å². The molecule has 4 aromatic heterocycles. The minimum absolute atomic E-state index is 0.209. The summed E-state index contributed by atoms with van der Waals surface area (Å²) in [6.45, 7) is 10.5. The summed E-state index contributed by atoms with van der Waals surface area (Å²) in [5, 5.41) is 18.6. The Morgan fingerprint density at radius 1 is 1.18 bits per heavy atom. The highest BCUT2D eigenvalue weighted by Crippen LogP contribution is 2.25. The van der Waals surface area contributed by atoms with E-state index in [1.54, 1.807) is 29.2 Å². The van der Waals surface area contributed by atoms with E-state index in [4.69, 9.17) is 4.52 Å². The van der Waals surface area contributed by atoms with Gasteiger partial charge >= 0.3 is 0 Å². The molecule has 34 heavy (non-hydrogen) atoms. The third-order valence-electron chi connectivity index (χ3n) is 5.54. The first-order valence-electron chi connectivity index (χ1n) is 10.9. The number of anilines is 1. The molecule has 1 aliphatic rings. The molecule has 4 aromatic rings. The van der Waals surface area contributed by atoms with Crippen LogP contribution >= 0.6 is 0 Å². The lowest BCUT2D eigenvalue weighted by Gasteiger charge is -2.15. The normalized spacial score (nSPS) is 13.3. The van der Waals surface area contributed by atoms with Crippen LogP contribution in [0.1, 0.15) is 55.3 Å². The summed E-state index contributed by atoms with van der Waals surface area (Å²) in [6.07, 6.45) is 7.07. The van der Waals surface area contributed by atoms with E-state index < -0.39 is 0 Å². The van der Waals surface area contributed by atoms with Gasteiger partial charge in [-0.05, 0) is 19.9 Å². The van der Waals surface area contributed by atoms with Gasteiger partial charge in [0.05, 0.1) is 41.6 Å². The molecule has 5 heterocycles. The molecule has 0 fully saturated rings. The monoisotopic (exact) mass is 459 g/mol. The second-order valence-corrected chi connectivity index (χ2v) is 9.25. The quantitative estimate of drug-likeness (QED) is 0.476. The number of nitrogens with zero attached hydrogens (tertiary/aromatic N) is 7. The van der Waals surface area contributed by atoms with Gasteiger partial charge in [-0.15, -0.1) is 5.10 Å². The molecule has 0 unspecified atom stereocenters. The Balaban J connectivity index is 1.41. The summed E-state index contributed by atoms with van der Waals surface area (Å²) >= 11 is 0. The van der Waals surface area contributed by atoms with Gasteiger partial charge in [0.25, 0.3) is 5.91 Å². The van der Waals surface area contributed by atoms with Crippen molar-refractivity contribution < 1.29 is 9.32 Å². The zero-order valence-corrected chi connectivity index (χ0v) is 19.6. The second-order valence-electron chi connectivity index (χ2n) is 9.25. The van der Waals surface area contributed by atoms with Crippen LogP contribution in [0.15, 0.2) is 40.9 Å². The molecule has 0 saturated carbocycles. The number of aryl methyl sites for hydroxylation is 1. The Kier molecular flexibility index (Phi) is 5.03. The van der Waals surface area contributed by atoms with E-state index in [0.717, 1.165) is 17.2 Å². The van der Waals surface area contributed by atoms with Gasteiger partial charge < -0.3 is 15.2 Å². The molecule has 0 aromatic carbocycles. The van der Waals surface area contributed by atoms with E-state index >= 15 is 0 Å². The lowest BCUT2D eigenvalue weighted by Crippen LogP contribution is -2.19. The van der Waals surface area contributed by atoms with E-state index in [9.17, 15) is 4.79 Å². The third kappa shape index (κ3) is 3.96. The van der Waals surface area contributed by atoms with Crippen molar-refractivity contribution in [3.63, 3.8) is 0 Å². The van der Waals surface area contributed by atoms with Crippen molar-refractivity contribution in [1.82, 2.24) is 40.0 Å². The fourth-order valence-corrected chi connectivity index (χ4v) is 3.57. The van der Waals surface area contributed by atoms with Gasteiger partial charge in [0.15, 0.2) is 5.82 Å². The maximum atomic E-state index is 12.8. The summed E-state index contributed by atoms with van der Waals surface area (Å²) in [6, 6.07) is 3.45. The van der Waals surface area contributed by atoms with Crippen molar-refractivity contribution in [3.8, 4) is 17.1 Å². The van der Waals surface area contributed by atoms with Crippen LogP contribution in [0, 0.1) is 6.92 Å². The van der Waals surface area contributed by atoms with Crippen LogP contribution in [0.5, 0.6) is 0 Å². The lowest BCUT2D eigenvalue weighted by molar-refractivity contribution is 0.102. The van der Waals surface area contributed by atoms with E-state index in [-0.39, 0.29) is 11.3 Å². The Bertz CT molecular complexity index is 1420. The number of allylic oxidation sites excluding steroid dienone is 1. The Morgan fingerprint density at radius 2 is 2.00 bits per heavy atom. The zero-order valence-electron chi connectivity index (χ0n) is 19.6.